The first kappa shape index (κ1) is 26.3. The number of aliphatic hydroxyl groups excluding tert-OH is 1. The molecule has 0 radical (unpaired) electrons. The Hall–Kier alpha value is -3.72. The molecule has 1 aliphatic rings. The number of likely N-dealkylation sites (tertiary alicyclic amines) is 1. The number of nitriles is 1. The summed E-state index contributed by atoms with van der Waals surface area (Å²) >= 11 is 0. The maximum Gasteiger partial charge on any atom is 0.146 e. The SMILES string of the molecule is CC(=O)[C@@H]1CCCCN1Cc1cc(/C=C/c2cccc(-c3ccccc3)c2C#N)c(C)cc1OCCO. The highest BCUT2D eigenvalue weighted by Crippen LogP contribution is 2.31. The predicted molar refractivity (Wildman–Crippen MR) is 148 cm³/mol. The zero-order valence-corrected chi connectivity index (χ0v) is 21.6. The van der Waals surface area contributed by atoms with Gasteiger partial charge in [0.1, 0.15) is 24.2 Å². The number of carbonyl (C=O) groups excluding carboxylic acids is 1. The maximum absolute atomic E-state index is 12.3. The van der Waals surface area contributed by atoms with Gasteiger partial charge in [-0.1, -0.05) is 67.1 Å². The second-order valence-electron chi connectivity index (χ2n) is 9.56. The first-order valence-electron chi connectivity index (χ1n) is 12.9. The molecule has 0 spiro atoms. The Balaban J connectivity index is 1.68. The molecule has 1 atom stereocenters. The zero-order chi connectivity index (χ0) is 26.2. The lowest BCUT2D eigenvalue weighted by Gasteiger charge is -2.34. The van der Waals surface area contributed by atoms with Crippen LogP contribution < -0.4 is 4.74 Å². The minimum absolute atomic E-state index is 0.0609. The van der Waals surface area contributed by atoms with Crippen molar-refractivity contribution in [1.29, 1.82) is 5.26 Å². The lowest BCUT2D eigenvalue weighted by molar-refractivity contribution is -0.123. The topological polar surface area (TPSA) is 73.6 Å². The Kier molecular flexibility index (Phi) is 8.90. The number of ether oxygens (including phenoxy) is 1. The maximum atomic E-state index is 12.3. The molecule has 0 aliphatic carbocycles. The Labute approximate surface area is 219 Å². The van der Waals surface area contributed by atoms with Gasteiger partial charge in [0, 0.05) is 17.7 Å². The minimum Gasteiger partial charge on any atom is -0.491 e. The van der Waals surface area contributed by atoms with Gasteiger partial charge in [0.05, 0.1) is 18.2 Å². The molecule has 0 saturated carbocycles. The highest BCUT2D eigenvalue weighted by atomic mass is 16.5. The molecule has 3 aromatic carbocycles. The summed E-state index contributed by atoms with van der Waals surface area (Å²) < 4.78 is 5.89. The summed E-state index contributed by atoms with van der Waals surface area (Å²) in [5.41, 5.74) is 6.48. The van der Waals surface area contributed by atoms with Gasteiger partial charge in [0.25, 0.3) is 0 Å². The first-order valence-corrected chi connectivity index (χ1v) is 12.9. The lowest BCUT2D eigenvalue weighted by Crippen LogP contribution is -2.43. The van der Waals surface area contributed by atoms with Gasteiger partial charge >= 0.3 is 0 Å². The summed E-state index contributed by atoms with van der Waals surface area (Å²) in [6.45, 7) is 5.34. The van der Waals surface area contributed by atoms with E-state index in [0.29, 0.717) is 12.1 Å². The van der Waals surface area contributed by atoms with Gasteiger partial charge in [-0.05, 0) is 67.6 Å². The fraction of sp³-hybridized carbons (Fsp3) is 0.312. The third kappa shape index (κ3) is 6.35. The molecule has 4 rings (SSSR count). The molecule has 5 heteroatoms. The van der Waals surface area contributed by atoms with E-state index in [1.807, 2.05) is 73.7 Å². The van der Waals surface area contributed by atoms with Gasteiger partial charge in [0.2, 0.25) is 0 Å². The predicted octanol–water partition coefficient (Wildman–Crippen LogP) is 6.02. The summed E-state index contributed by atoms with van der Waals surface area (Å²) in [5, 5.41) is 19.3. The van der Waals surface area contributed by atoms with Crippen molar-refractivity contribution in [1.82, 2.24) is 4.90 Å². The van der Waals surface area contributed by atoms with Crippen LogP contribution in [0.3, 0.4) is 0 Å². The average molecular weight is 495 g/mol. The summed E-state index contributed by atoms with van der Waals surface area (Å²) in [5.74, 6) is 0.937. The number of piperidine rings is 1. The second-order valence-corrected chi connectivity index (χ2v) is 9.56. The van der Waals surface area contributed by atoms with Crippen molar-refractivity contribution in [3.05, 3.63) is 88.5 Å². The zero-order valence-electron chi connectivity index (χ0n) is 21.6. The summed E-state index contributed by atoms with van der Waals surface area (Å²) in [6, 6.07) is 22.3. The highest BCUT2D eigenvalue weighted by molar-refractivity contribution is 5.82. The van der Waals surface area contributed by atoms with Crippen molar-refractivity contribution in [2.24, 2.45) is 0 Å². The van der Waals surface area contributed by atoms with Gasteiger partial charge in [-0.2, -0.15) is 5.26 Å². The van der Waals surface area contributed by atoms with Gasteiger partial charge in [-0.3, -0.25) is 9.69 Å². The van der Waals surface area contributed by atoms with Crippen molar-refractivity contribution in [2.75, 3.05) is 19.8 Å². The van der Waals surface area contributed by atoms with Crippen molar-refractivity contribution >= 4 is 17.9 Å². The molecule has 190 valence electrons. The van der Waals surface area contributed by atoms with Crippen LogP contribution in [0, 0.1) is 18.3 Å². The standard InChI is InChI=1S/C32H34N2O3/c1-23-19-32(37-18-17-35)28(22-34-16-7-6-13-31(34)24(2)36)20-27(23)15-14-26-11-8-12-29(30(26)21-33)25-9-4-3-5-10-25/h3-5,8-12,14-15,19-20,31,35H,6-7,13,16-18,22H2,1-2H3/b15-14+/t31-/m0/s1. The van der Waals surface area contributed by atoms with E-state index < -0.39 is 0 Å². The van der Waals surface area contributed by atoms with Gasteiger partial charge < -0.3 is 9.84 Å². The van der Waals surface area contributed by atoms with Crippen LogP contribution in [-0.4, -0.2) is 41.6 Å². The summed E-state index contributed by atoms with van der Waals surface area (Å²) in [6.07, 6.45) is 7.06. The van der Waals surface area contributed by atoms with E-state index >= 15 is 0 Å². The molecule has 37 heavy (non-hydrogen) atoms. The van der Waals surface area contributed by atoms with Crippen LogP contribution in [0.15, 0.2) is 60.7 Å². The molecule has 3 aromatic rings. The number of carbonyl (C=O) groups is 1. The molecular formula is C32H34N2O3. The number of Topliss-reactive ketones (excluding diaryl/α,β-unsaturated/α-hetero) is 1. The number of hydrogen-bond acceptors (Lipinski definition) is 5. The monoisotopic (exact) mass is 494 g/mol. The smallest absolute Gasteiger partial charge is 0.146 e. The molecule has 1 aliphatic heterocycles. The van der Waals surface area contributed by atoms with Crippen LogP contribution in [0.25, 0.3) is 23.3 Å². The van der Waals surface area contributed by atoms with E-state index in [2.05, 4.69) is 17.0 Å². The van der Waals surface area contributed by atoms with Gasteiger partial charge in [-0.15, -0.1) is 0 Å². The molecule has 1 fully saturated rings. The molecule has 1 heterocycles. The number of hydrogen-bond donors (Lipinski definition) is 1. The summed E-state index contributed by atoms with van der Waals surface area (Å²) in [4.78, 5) is 14.5. The first-order chi connectivity index (χ1) is 18.0. The Bertz CT molecular complexity index is 1310. The van der Waals surface area contributed by atoms with Crippen molar-refractivity contribution in [3.8, 4) is 22.9 Å². The third-order valence-corrected chi connectivity index (χ3v) is 6.99. The highest BCUT2D eigenvalue weighted by Gasteiger charge is 2.27. The average Bonchev–Trinajstić information content (AvgIpc) is 2.92. The fourth-order valence-electron chi connectivity index (χ4n) is 5.07. The number of nitrogens with zero attached hydrogens (tertiary/aromatic N) is 2. The van der Waals surface area contributed by atoms with E-state index in [1.54, 1.807) is 6.92 Å². The third-order valence-electron chi connectivity index (χ3n) is 6.99. The quantitative estimate of drug-likeness (QED) is 0.368. The molecule has 0 amide bonds. The molecule has 0 bridgehead atoms. The van der Waals surface area contributed by atoms with Crippen LogP contribution in [0.4, 0.5) is 0 Å². The van der Waals surface area contributed by atoms with Crippen LogP contribution in [0.5, 0.6) is 5.75 Å². The number of aliphatic hydroxyl groups is 1. The van der Waals surface area contributed by atoms with Crippen molar-refractivity contribution < 1.29 is 14.6 Å². The molecule has 0 unspecified atom stereocenters. The number of ketones is 1. The summed E-state index contributed by atoms with van der Waals surface area (Å²) in [7, 11) is 0. The van der Waals surface area contributed by atoms with Gasteiger partial charge in [-0.25, -0.2) is 0 Å². The minimum atomic E-state index is -0.0707. The molecule has 1 saturated heterocycles. The lowest BCUT2D eigenvalue weighted by atomic mass is 9.95. The van der Waals surface area contributed by atoms with E-state index in [0.717, 1.165) is 64.9 Å². The number of rotatable bonds is 9. The van der Waals surface area contributed by atoms with Crippen LogP contribution >= 0.6 is 0 Å². The molecule has 5 nitrogen and oxygen atoms in total. The van der Waals surface area contributed by atoms with E-state index in [1.165, 1.54) is 0 Å². The van der Waals surface area contributed by atoms with Crippen LogP contribution in [0.2, 0.25) is 0 Å². The largest absolute Gasteiger partial charge is 0.491 e. The van der Waals surface area contributed by atoms with E-state index in [9.17, 15) is 15.2 Å². The Morgan fingerprint density at radius 2 is 1.89 bits per heavy atom. The van der Waals surface area contributed by atoms with Crippen molar-refractivity contribution in [2.45, 2.75) is 45.7 Å². The second kappa shape index (κ2) is 12.5. The van der Waals surface area contributed by atoms with Crippen LogP contribution in [0.1, 0.15) is 54.0 Å². The number of benzene rings is 3. The molecular weight excluding hydrogens is 460 g/mol. The molecule has 0 aromatic heterocycles. The van der Waals surface area contributed by atoms with Crippen LogP contribution in [-0.2, 0) is 11.3 Å². The molecule has 1 N–H and O–H groups in total. The van der Waals surface area contributed by atoms with Gasteiger partial charge in [0.15, 0.2) is 0 Å². The normalized spacial score (nSPS) is 16.0. The van der Waals surface area contributed by atoms with Crippen molar-refractivity contribution in [3.63, 3.8) is 0 Å². The number of aryl methyl sites for hydroxylation is 1. The van der Waals surface area contributed by atoms with E-state index in [-0.39, 0.29) is 25.0 Å². The Morgan fingerprint density at radius 1 is 1.11 bits per heavy atom. The fourth-order valence-corrected chi connectivity index (χ4v) is 5.07. The van der Waals surface area contributed by atoms with E-state index in [4.69, 9.17) is 4.74 Å². The Morgan fingerprint density at radius 3 is 2.62 bits per heavy atom.